The van der Waals surface area contributed by atoms with Crippen LogP contribution in [0.25, 0.3) is 0 Å². The molecule has 1 heterocycles. The average Bonchev–Trinajstić information content (AvgIpc) is 2.76. The second kappa shape index (κ2) is 4.59. The van der Waals surface area contributed by atoms with Crippen LogP contribution in [0, 0.1) is 22.7 Å². The van der Waals surface area contributed by atoms with Crippen molar-refractivity contribution in [2.24, 2.45) is 22.7 Å². The molecule has 0 bridgehead atoms. The van der Waals surface area contributed by atoms with Gasteiger partial charge in [-0.15, -0.1) is 0 Å². The lowest BCUT2D eigenvalue weighted by Gasteiger charge is -2.57. The maximum atomic E-state index is 12.2. The zero-order valence-corrected chi connectivity index (χ0v) is 13.3. The van der Waals surface area contributed by atoms with Crippen molar-refractivity contribution in [3.05, 3.63) is 11.6 Å². The van der Waals surface area contributed by atoms with E-state index in [2.05, 4.69) is 26.8 Å². The summed E-state index contributed by atoms with van der Waals surface area (Å²) in [5.74, 6) is -0.0736. The molecule has 0 aromatic carbocycles. The van der Waals surface area contributed by atoms with Crippen molar-refractivity contribution in [3.63, 3.8) is 0 Å². The first-order valence-electron chi connectivity index (χ1n) is 7.79. The number of hydrogen-bond donors (Lipinski definition) is 0. The second-order valence-corrected chi connectivity index (χ2v) is 7.57. The fourth-order valence-electron chi connectivity index (χ4n) is 5.00. The summed E-state index contributed by atoms with van der Waals surface area (Å²) in [4.78, 5) is 23.6. The Balaban J connectivity index is 1.96. The quantitative estimate of drug-likeness (QED) is 0.551. The molecule has 2 fully saturated rings. The highest BCUT2D eigenvalue weighted by Gasteiger charge is 2.60. The first-order chi connectivity index (χ1) is 9.76. The van der Waals surface area contributed by atoms with Crippen molar-refractivity contribution < 1.29 is 19.1 Å². The largest absolute Gasteiger partial charge is 0.462 e. The van der Waals surface area contributed by atoms with E-state index >= 15 is 0 Å². The minimum atomic E-state index is -0.219. The van der Waals surface area contributed by atoms with E-state index in [-0.39, 0.29) is 34.8 Å². The number of esters is 2. The summed E-state index contributed by atoms with van der Waals surface area (Å²) in [7, 11) is 0. The lowest BCUT2D eigenvalue weighted by Crippen LogP contribution is -2.55. The van der Waals surface area contributed by atoms with Gasteiger partial charge in [-0.25, -0.2) is 0 Å². The molecular weight excluding hydrogens is 268 g/mol. The first-order valence-corrected chi connectivity index (χ1v) is 7.79. The van der Waals surface area contributed by atoms with Crippen LogP contribution in [-0.2, 0) is 19.1 Å². The Bertz CT molecular complexity index is 519. The van der Waals surface area contributed by atoms with Gasteiger partial charge in [-0.3, -0.25) is 9.59 Å². The highest BCUT2D eigenvalue weighted by Crippen LogP contribution is 2.61. The van der Waals surface area contributed by atoms with Gasteiger partial charge < -0.3 is 9.47 Å². The maximum absolute atomic E-state index is 12.2. The van der Waals surface area contributed by atoms with Gasteiger partial charge in [0.1, 0.15) is 12.7 Å². The molecule has 0 spiro atoms. The third kappa shape index (κ3) is 2.02. The van der Waals surface area contributed by atoms with Gasteiger partial charge in [0.15, 0.2) is 0 Å². The summed E-state index contributed by atoms with van der Waals surface area (Å²) < 4.78 is 10.8. The topological polar surface area (TPSA) is 52.6 Å². The molecule has 1 aliphatic heterocycles. The molecule has 4 heteroatoms. The lowest BCUT2D eigenvalue weighted by atomic mass is 9.48. The van der Waals surface area contributed by atoms with Crippen LogP contribution in [0.3, 0.4) is 0 Å². The number of cyclic esters (lactones) is 1. The van der Waals surface area contributed by atoms with Crippen molar-refractivity contribution in [2.45, 2.75) is 53.1 Å². The second-order valence-electron chi connectivity index (χ2n) is 7.57. The standard InChI is InChI=1S/C17H24O4/c1-10(18)21-13-7-8-17(4)12(16(13,2)3)6-5-11-9-20-15(19)14(11)17/h5,12-14H,6-9H2,1-4H3/t12-,13-,14-,17-/m0/s1. The number of hydrogen-bond acceptors (Lipinski definition) is 4. The van der Waals surface area contributed by atoms with Crippen LogP contribution in [0.5, 0.6) is 0 Å². The summed E-state index contributed by atoms with van der Waals surface area (Å²) in [6.45, 7) is 8.48. The van der Waals surface area contributed by atoms with Crippen molar-refractivity contribution in [1.29, 1.82) is 0 Å². The molecule has 116 valence electrons. The number of ether oxygens (including phenoxy) is 2. The van der Waals surface area contributed by atoms with Gasteiger partial charge in [-0.2, -0.15) is 0 Å². The summed E-state index contributed by atoms with van der Waals surface area (Å²) in [6.07, 6.45) is 4.76. The van der Waals surface area contributed by atoms with Crippen LogP contribution < -0.4 is 0 Å². The smallest absolute Gasteiger partial charge is 0.314 e. The van der Waals surface area contributed by atoms with Crippen LogP contribution in [0.15, 0.2) is 11.6 Å². The maximum Gasteiger partial charge on any atom is 0.314 e. The molecule has 0 aromatic rings. The highest BCUT2D eigenvalue weighted by molar-refractivity contribution is 5.80. The number of carbonyl (C=O) groups excluding carboxylic acids is 2. The van der Waals surface area contributed by atoms with Gasteiger partial charge in [-0.1, -0.05) is 26.8 Å². The van der Waals surface area contributed by atoms with Gasteiger partial charge in [0.2, 0.25) is 0 Å². The van der Waals surface area contributed by atoms with Crippen LogP contribution in [0.2, 0.25) is 0 Å². The molecule has 0 aromatic heterocycles. The van der Waals surface area contributed by atoms with E-state index in [0.29, 0.717) is 12.5 Å². The van der Waals surface area contributed by atoms with Gasteiger partial charge >= 0.3 is 11.9 Å². The Labute approximate surface area is 125 Å². The molecule has 3 rings (SSSR count). The molecule has 2 aliphatic carbocycles. The molecule has 21 heavy (non-hydrogen) atoms. The number of fused-ring (bicyclic) bond motifs is 3. The molecule has 0 unspecified atom stereocenters. The van der Waals surface area contributed by atoms with E-state index < -0.39 is 0 Å². The Morgan fingerprint density at radius 2 is 2.10 bits per heavy atom. The molecule has 4 atom stereocenters. The van der Waals surface area contributed by atoms with E-state index in [4.69, 9.17) is 9.47 Å². The Morgan fingerprint density at radius 1 is 1.38 bits per heavy atom. The monoisotopic (exact) mass is 292 g/mol. The van der Waals surface area contributed by atoms with Gasteiger partial charge in [0.25, 0.3) is 0 Å². The molecule has 0 N–H and O–H groups in total. The van der Waals surface area contributed by atoms with Crippen molar-refractivity contribution in [3.8, 4) is 0 Å². The van der Waals surface area contributed by atoms with Crippen molar-refractivity contribution in [1.82, 2.24) is 0 Å². The van der Waals surface area contributed by atoms with E-state index in [1.54, 1.807) is 0 Å². The van der Waals surface area contributed by atoms with Crippen LogP contribution in [-0.4, -0.2) is 24.6 Å². The zero-order chi connectivity index (χ0) is 15.4. The molecule has 1 saturated carbocycles. The summed E-state index contributed by atoms with van der Waals surface area (Å²) >= 11 is 0. The molecule has 4 nitrogen and oxygen atoms in total. The van der Waals surface area contributed by atoms with E-state index in [1.165, 1.54) is 6.92 Å². The molecular formula is C17H24O4. The summed E-state index contributed by atoms with van der Waals surface area (Å²) in [5, 5.41) is 0. The SMILES string of the molecule is CC(=O)O[C@H]1CC[C@]2(C)[C@@H]3C(=O)OCC3=CC[C@H]2C1(C)C. The van der Waals surface area contributed by atoms with Crippen LogP contribution >= 0.6 is 0 Å². The fraction of sp³-hybridized carbons (Fsp3) is 0.765. The number of allylic oxidation sites excluding steroid dienone is 1. The number of rotatable bonds is 1. The minimum Gasteiger partial charge on any atom is -0.462 e. The average molecular weight is 292 g/mol. The molecule has 1 saturated heterocycles. The number of carbonyl (C=O) groups is 2. The fourth-order valence-corrected chi connectivity index (χ4v) is 5.00. The predicted octanol–water partition coefficient (Wildman–Crippen LogP) is 2.86. The van der Waals surface area contributed by atoms with E-state index in [9.17, 15) is 9.59 Å². The van der Waals surface area contributed by atoms with Crippen molar-refractivity contribution >= 4 is 11.9 Å². The van der Waals surface area contributed by atoms with Gasteiger partial charge in [0, 0.05) is 12.3 Å². The van der Waals surface area contributed by atoms with Gasteiger partial charge in [-0.05, 0) is 36.2 Å². The third-order valence-electron chi connectivity index (χ3n) is 6.04. The summed E-state index contributed by atoms with van der Waals surface area (Å²) in [5.41, 5.74) is 0.932. The predicted molar refractivity (Wildman–Crippen MR) is 77.3 cm³/mol. The molecule has 0 amide bonds. The molecule has 0 radical (unpaired) electrons. The Kier molecular flexibility index (Phi) is 3.19. The Morgan fingerprint density at radius 3 is 2.76 bits per heavy atom. The van der Waals surface area contributed by atoms with Crippen LogP contribution in [0.1, 0.15) is 47.0 Å². The van der Waals surface area contributed by atoms with Gasteiger partial charge in [0.05, 0.1) is 5.92 Å². The third-order valence-corrected chi connectivity index (χ3v) is 6.04. The lowest BCUT2D eigenvalue weighted by molar-refractivity contribution is -0.175. The van der Waals surface area contributed by atoms with E-state index in [1.807, 2.05) is 0 Å². The molecule has 3 aliphatic rings. The summed E-state index contributed by atoms with van der Waals surface area (Å²) in [6, 6.07) is 0. The van der Waals surface area contributed by atoms with Crippen LogP contribution in [0.4, 0.5) is 0 Å². The van der Waals surface area contributed by atoms with Crippen molar-refractivity contribution in [2.75, 3.05) is 6.61 Å². The highest BCUT2D eigenvalue weighted by atomic mass is 16.5. The van der Waals surface area contributed by atoms with E-state index in [0.717, 1.165) is 24.8 Å². The first kappa shape index (κ1) is 14.6. The minimum absolute atomic E-state index is 0.0690. The normalized spacial score (nSPS) is 40.7. The Hall–Kier alpha value is -1.32. The zero-order valence-electron chi connectivity index (χ0n) is 13.3.